The smallest absolute Gasteiger partial charge is 0.407 e. The number of aryl methyl sites for hydroxylation is 1. The monoisotopic (exact) mass is 403 g/mol. The first-order valence-corrected chi connectivity index (χ1v) is 9.79. The highest BCUT2D eigenvalue weighted by atomic mass is 32.1. The fourth-order valence-corrected chi connectivity index (χ4v) is 3.07. The third kappa shape index (κ3) is 7.48. The Balaban J connectivity index is 1.81. The molecule has 0 aliphatic rings. The summed E-state index contributed by atoms with van der Waals surface area (Å²) >= 11 is 1.37. The number of ether oxygens (including phenoxy) is 1. The number of hydrogen-bond donors (Lipinski definition) is 2. The van der Waals surface area contributed by atoms with Crippen molar-refractivity contribution >= 4 is 34.3 Å². The number of ketones is 1. The van der Waals surface area contributed by atoms with Crippen LogP contribution in [0.15, 0.2) is 29.6 Å². The number of aromatic nitrogens is 1. The van der Waals surface area contributed by atoms with Crippen molar-refractivity contribution in [1.82, 2.24) is 10.3 Å². The van der Waals surface area contributed by atoms with Crippen molar-refractivity contribution in [3.63, 3.8) is 0 Å². The summed E-state index contributed by atoms with van der Waals surface area (Å²) in [5.41, 5.74) is 2.33. The van der Waals surface area contributed by atoms with Crippen molar-refractivity contribution in [1.29, 1.82) is 0 Å². The minimum absolute atomic E-state index is 0.132. The molecule has 0 fully saturated rings. The van der Waals surface area contributed by atoms with Crippen LogP contribution in [0.1, 0.15) is 39.7 Å². The zero-order chi connectivity index (χ0) is 20.7. The van der Waals surface area contributed by atoms with Gasteiger partial charge in [0.15, 0.2) is 17.5 Å². The fourth-order valence-electron chi connectivity index (χ4n) is 2.30. The van der Waals surface area contributed by atoms with Crippen LogP contribution < -0.4 is 10.6 Å². The maximum atomic E-state index is 11.9. The standard InChI is InChI=1S/C20H25N3O4S/c1-13(24)21-18-22-17(12-28-18)15-8-5-14(6-9-15)7-10-16(25)11-27-19(26)23-20(2,3)4/h5-6,8-9,12H,7,10-11H2,1-4H3,(H,23,26)(H,21,22,24). The molecule has 2 amide bonds. The molecule has 0 unspecified atom stereocenters. The lowest BCUT2D eigenvalue weighted by Crippen LogP contribution is -2.41. The first kappa shape index (κ1) is 21.6. The Bertz CT molecular complexity index is 838. The first-order valence-electron chi connectivity index (χ1n) is 8.91. The van der Waals surface area contributed by atoms with Gasteiger partial charge < -0.3 is 15.4 Å². The number of carbonyl (C=O) groups is 3. The number of anilines is 1. The predicted molar refractivity (Wildman–Crippen MR) is 109 cm³/mol. The molecule has 7 nitrogen and oxygen atoms in total. The second-order valence-corrected chi connectivity index (χ2v) is 8.26. The van der Waals surface area contributed by atoms with Crippen molar-refractivity contribution in [2.75, 3.05) is 11.9 Å². The fraction of sp³-hybridized carbons (Fsp3) is 0.400. The average molecular weight is 404 g/mol. The number of thiazole rings is 1. The highest BCUT2D eigenvalue weighted by molar-refractivity contribution is 7.14. The Labute approximate surface area is 168 Å². The maximum absolute atomic E-state index is 11.9. The van der Waals surface area contributed by atoms with E-state index in [4.69, 9.17) is 4.74 Å². The summed E-state index contributed by atoms with van der Waals surface area (Å²) in [6.07, 6.45) is 0.274. The molecule has 150 valence electrons. The molecule has 1 heterocycles. The molecule has 0 saturated carbocycles. The molecule has 0 aliphatic heterocycles. The lowest BCUT2D eigenvalue weighted by molar-refractivity contribution is -0.122. The summed E-state index contributed by atoms with van der Waals surface area (Å²) in [5.74, 6) is -0.284. The number of nitrogens with one attached hydrogen (secondary N) is 2. The number of amides is 2. The van der Waals surface area contributed by atoms with Crippen LogP contribution in [0.4, 0.5) is 9.93 Å². The zero-order valence-corrected chi connectivity index (χ0v) is 17.3. The molecule has 1 aromatic heterocycles. The summed E-state index contributed by atoms with van der Waals surface area (Å²) in [6, 6.07) is 7.74. The van der Waals surface area contributed by atoms with Crippen LogP contribution in [0.5, 0.6) is 0 Å². The number of rotatable bonds is 7. The van der Waals surface area contributed by atoms with E-state index < -0.39 is 11.6 Å². The number of carbonyl (C=O) groups excluding carboxylic acids is 3. The van der Waals surface area contributed by atoms with Crippen molar-refractivity contribution in [3.05, 3.63) is 35.2 Å². The highest BCUT2D eigenvalue weighted by Crippen LogP contribution is 2.25. The molecular weight excluding hydrogens is 378 g/mol. The van der Waals surface area contributed by atoms with Crippen LogP contribution in [0.3, 0.4) is 0 Å². The van der Waals surface area contributed by atoms with E-state index in [0.717, 1.165) is 16.8 Å². The van der Waals surface area contributed by atoms with Crippen molar-refractivity contribution in [2.24, 2.45) is 0 Å². The SMILES string of the molecule is CC(=O)Nc1nc(-c2ccc(CCC(=O)COC(=O)NC(C)(C)C)cc2)cs1. The van der Waals surface area contributed by atoms with Crippen LogP contribution >= 0.6 is 11.3 Å². The molecule has 0 saturated heterocycles. The summed E-state index contributed by atoms with van der Waals surface area (Å²) in [7, 11) is 0. The van der Waals surface area contributed by atoms with Gasteiger partial charge >= 0.3 is 6.09 Å². The van der Waals surface area contributed by atoms with Crippen LogP contribution in [-0.4, -0.2) is 34.9 Å². The van der Waals surface area contributed by atoms with Gasteiger partial charge in [0.2, 0.25) is 5.91 Å². The molecule has 0 spiro atoms. The van der Waals surface area contributed by atoms with Gasteiger partial charge in [-0.2, -0.15) is 0 Å². The maximum Gasteiger partial charge on any atom is 0.407 e. The molecular formula is C20H25N3O4S. The average Bonchev–Trinajstić information content (AvgIpc) is 3.05. The van der Waals surface area contributed by atoms with Crippen molar-refractivity contribution < 1.29 is 19.1 Å². The largest absolute Gasteiger partial charge is 0.442 e. The molecule has 0 aliphatic carbocycles. The minimum atomic E-state index is -0.591. The Hall–Kier alpha value is -2.74. The Morgan fingerprint density at radius 1 is 1.14 bits per heavy atom. The van der Waals surface area contributed by atoms with E-state index in [0.29, 0.717) is 18.0 Å². The number of alkyl carbamates (subject to hydrolysis) is 1. The molecule has 2 N–H and O–H groups in total. The van der Waals surface area contributed by atoms with E-state index >= 15 is 0 Å². The number of nitrogens with zero attached hydrogens (tertiary/aromatic N) is 1. The van der Waals surface area contributed by atoms with E-state index in [1.54, 1.807) is 0 Å². The van der Waals surface area contributed by atoms with Gasteiger partial charge in [0.1, 0.15) is 0 Å². The van der Waals surface area contributed by atoms with Gasteiger partial charge in [0, 0.05) is 29.8 Å². The highest BCUT2D eigenvalue weighted by Gasteiger charge is 2.15. The van der Waals surface area contributed by atoms with Crippen LogP contribution in [0.25, 0.3) is 11.3 Å². The van der Waals surface area contributed by atoms with Gasteiger partial charge in [0.05, 0.1) is 5.69 Å². The van der Waals surface area contributed by atoms with Gasteiger partial charge in [-0.25, -0.2) is 9.78 Å². The third-order valence-electron chi connectivity index (χ3n) is 3.57. The van der Waals surface area contributed by atoms with Gasteiger partial charge in [-0.1, -0.05) is 24.3 Å². The third-order valence-corrected chi connectivity index (χ3v) is 4.33. The molecule has 8 heteroatoms. The molecule has 1 aromatic carbocycles. The first-order chi connectivity index (χ1) is 13.1. The quantitative estimate of drug-likeness (QED) is 0.733. The predicted octanol–water partition coefficient (Wildman–Crippen LogP) is 3.79. The van der Waals surface area contributed by atoms with E-state index in [9.17, 15) is 14.4 Å². The summed E-state index contributed by atoms with van der Waals surface area (Å²) in [5, 5.41) is 7.74. The normalized spacial score (nSPS) is 11.0. The molecule has 28 heavy (non-hydrogen) atoms. The zero-order valence-electron chi connectivity index (χ0n) is 16.5. The Morgan fingerprint density at radius 3 is 2.43 bits per heavy atom. The summed E-state index contributed by atoms with van der Waals surface area (Å²) in [6.45, 7) is 6.73. The van der Waals surface area contributed by atoms with E-state index in [2.05, 4.69) is 15.6 Å². The molecule has 0 atom stereocenters. The van der Waals surface area contributed by atoms with Crippen molar-refractivity contribution in [2.45, 2.75) is 46.1 Å². The second-order valence-electron chi connectivity index (χ2n) is 7.41. The van der Waals surface area contributed by atoms with Gasteiger partial charge in [-0.15, -0.1) is 11.3 Å². The van der Waals surface area contributed by atoms with E-state index in [-0.39, 0.29) is 18.3 Å². The van der Waals surface area contributed by atoms with Gasteiger partial charge in [-0.3, -0.25) is 9.59 Å². The van der Waals surface area contributed by atoms with Gasteiger partial charge in [-0.05, 0) is 32.8 Å². The Kier molecular flexibility index (Phi) is 7.28. The lowest BCUT2D eigenvalue weighted by atomic mass is 10.0. The van der Waals surface area contributed by atoms with Gasteiger partial charge in [0.25, 0.3) is 0 Å². The second kappa shape index (κ2) is 9.45. The minimum Gasteiger partial charge on any atom is -0.442 e. The Morgan fingerprint density at radius 2 is 1.82 bits per heavy atom. The van der Waals surface area contributed by atoms with Crippen LogP contribution in [0, 0.1) is 0 Å². The molecule has 2 aromatic rings. The number of Topliss-reactive ketones (excluding diaryl/α,β-unsaturated/α-hetero) is 1. The lowest BCUT2D eigenvalue weighted by Gasteiger charge is -2.19. The van der Waals surface area contributed by atoms with E-state index in [1.165, 1.54) is 18.3 Å². The summed E-state index contributed by atoms with van der Waals surface area (Å²) in [4.78, 5) is 38.9. The number of benzene rings is 1. The molecule has 0 radical (unpaired) electrons. The molecule has 0 bridgehead atoms. The van der Waals surface area contributed by atoms with E-state index in [1.807, 2.05) is 50.4 Å². The summed E-state index contributed by atoms with van der Waals surface area (Å²) < 4.78 is 4.94. The van der Waals surface area contributed by atoms with Crippen molar-refractivity contribution in [3.8, 4) is 11.3 Å². The number of hydrogen-bond acceptors (Lipinski definition) is 6. The van der Waals surface area contributed by atoms with Crippen LogP contribution in [-0.2, 0) is 20.7 Å². The molecule has 2 rings (SSSR count). The van der Waals surface area contributed by atoms with Crippen LogP contribution in [0.2, 0.25) is 0 Å². The topological polar surface area (TPSA) is 97.4 Å².